The number of aromatic nitrogens is 1. The van der Waals surface area contributed by atoms with Crippen LogP contribution in [0.1, 0.15) is 34.3 Å². The number of ketones is 1. The van der Waals surface area contributed by atoms with Crippen molar-refractivity contribution in [2.24, 2.45) is 0 Å². The molecular formula is C15H13Cl2NO. The summed E-state index contributed by atoms with van der Waals surface area (Å²) in [5.74, 6) is 0.252. The maximum Gasteiger partial charge on any atom is 0.164 e. The van der Waals surface area contributed by atoms with Crippen LogP contribution in [0.15, 0.2) is 30.6 Å². The molecule has 0 N–H and O–H groups in total. The lowest BCUT2D eigenvalue weighted by atomic mass is 9.95. The van der Waals surface area contributed by atoms with Crippen LogP contribution in [-0.2, 0) is 13.0 Å². The Hall–Kier alpha value is -1.25. The van der Waals surface area contributed by atoms with Crippen molar-refractivity contribution in [2.75, 3.05) is 0 Å². The molecule has 1 aliphatic carbocycles. The number of fused-ring (bicyclic) bond motifs is 1. The minimum absolute atomic E-state index is 0.252. The Morgan fingerprint density at radius 2 is 2.00 bits per heavy atom. The standard InChI is InChI=1S/C15H13Cl2NO/c16-12-5-4-11(14(17)6-12)8-18-7-10-2-1-3-15(19)13(10)9-18/h4-7,9H,1-3,8H2. The number of benzene rings is 1. The molecule has 4 heteroatoms. The van der Waals surface area contributed by atoms with Gasteiger partial charge in [0.1, 0.15) is 0 Å². The third-order valence-electron chi connectivity index (χ3n) is 3.48. The highest BCUT2D eigenvalue weighted by molar-refractivity contribution is 6.35. The topological polar surface area (TPSA) is 22.0 Å². The summed E-state index contributed by atoms with van der Waals surface area (Å²) >= 11 is 12.1. The molecule has 98 valence electrons. The quantitative estimate of drug-likeness (QED) is 0.806. The van der Waals surface area contributed by atoms with E-state index in [1.54, 1.807) is 6.07 Å². The van der Waals surface area contributed by atoms with Crippen LogP contribution in [0.5, 0.6) is 0 Å². The molecule has 0 amide bonds. The third kappa shape index (κ3) is 2.56. The van der Waals surface area contributed by atoms with E-state index in [4.69, 9.17) is 23.2 Å². The zero-order valence-electron chi connectivity index (χ0n) is 10.3. The van der Waals surface area contributed by atoms with E-state index in [-0.39, 0.29) is 5.78 Å². The fraction of sp³-hybridized carbons (Fsp3) is 0.267. The maximum absolute atomic E-state index is 11.8. The molecule has 1 aliphatic rings. The summed E-state index contributed by atoms with van der Waals surface area (Å²) in [4.78, 5) is 11.8. The first kappa shape index (κ1) is 12.8. The van der Waals surface area contributed by atoms with Crippen molar-refractivity contribution < 1.29 is 4.79 Å². The van der Waals surface area contributed by atoms with Crippen LogP contribution < -0.4 is 0 Å². The predicted molar refractivity (Wildman–Crippen MR) is 77.3 cm³/mol. The smallest absolute Gasteiger partial charge is 0.164 e. The summed E-state index contributed by atoms with van der Waals surface area (Å²) in [6, 6.07) is 5.50. The van der Waals surface area contributed by atoms with E-state index < -0.39 is 0 Å². The summed E-state index contributed by atoms with van der Waals surface area (Å²) in [5, 5.41) is 1.29. The zero-order valence-corrected chi connectivity index (χ0v) is 11.8. The first-order valence-electron chi connectivity index (χ1n) is 6.29. The van der Waals surface area contributed by atoms with E-state index >= 15 is 0 Å². The minimum Gasteiger partial charge on any atom is -0.349 e. The van der Waals surface area contributed by atoms with Gasteiger partial charge in [-0.3, -0.25) is 4.79 Å². The van der Waals surface area contributed by atoms with Gasteiger partial charge in [-0.15, -0.1) is 0 Å². The molecule has 0 saturated carbocycles. The van der Waals surface area contributed by atoms with Crippen LogP contribution in [0.25, 0.3) is 0 Å². The average Bonchev–Trinajstić information content (AvgIpc) is 2.77. The van der Waals surface area contributed by atoms with Crippen molar-refractivity contribution >= 4 is 29.0 Å². The number of hydrogen-bond acceptors (Lipinski definition) is 1. The molecule has 0 unspecified atom stereocenters. The summed E-state index contributed by atoms with van der Waals surface area (Å²) in [5.41, 5.74) is 3.03. The lowest BCUT2D eigenvalue weighted by Crippen LogP contribution is -2.07. The Balaban J connectivity index is 1.89. The highest BCUT2D eigenvalue weighted by Crippen LogP contribution is 2.25. The van der Waals surface area contributed by atoms with Gasteiger partial charge in [0.05, 0.1) is 0 Å². The highest BCUT2D eigenvalue weighted by Gasteiger charge is 2.19. The number of halogens is 2. The SMILES string of the molecule is O=C1CCCc2cn(Cc3ccc(Cl)cc3Cl)cc21. The molecule has 1 heterocycles. The van der Waals surface area contributed by atoms with E-state index in [0.717, 1.165) is 29.5 Å². The van der Waals surface area contributed by atoms with E-state index in [2.05, 4.69) is 6.20 Å². The second-order valence-electron chi connectivity index (χ2n) is 4.88. The van der Waals surface area contributed by atoms with Gasteiger partial charge in [-0.2, -0.15) is 0 Å². The van der Waals surface area contributed by atoms with Gasteiger partial charge in [-0.1, -0.05) is 29.3 Å². The van der Waals surface area contributed by atoms with E-state index in [0.29, 0.717) is 23.0 Å². The van der Waals surface area contributed by atoms with Crippen LogP contribution >= 0.6 is 23.2 Å². The summed E-state index contributed by atoms with van der Waals surface area (Å²) in [6.07, 6.45) is 6.60. The lowest BCUT2D eigenvalue weighted by Gasteiger charge is -2.07. The zero-order chi connectivity index (χ0) is 13.4. The minimum atomic E-state index is 0.252. The fourth-order valence-electron chi connectivity index (χ4n) is 2.52. The molecule has 2 nitrogen and oxygen atoms in total. The third-order valence-corrected chi connectivity index (χ3v) is 4.07. The number of Topliss-reactive ketones (excluding diaryl/α,β-unsaturated/α-hetero) is 1. The van der Waals surface area contributed by atoms with Crippen LogP contribution in [0.2, 0.25) is 10.0 Å². The van der Waals surface area contributed by atoms with E-state index in [1.165, 1.54) is 0 Å². The largest absolute Gasteiger partial charge is 0.349 e. The molecular weight excluding hydrogens is 281 g/mol. The van der Waals surface area contributed by atoms with Crippen molar-refractivity contribution in [3.8, 4) is 0 Å². The second kappa shape index (κ2) is 5.03. The van der Waals surface area contributed by atoms with Crippen LogP contribution in [0, 0.1) is 0 Å². The van der Waals surface area contributed by atoms with Gasteiger partial charge in [0.15, 0.2) is 5.78 Å². The number of carbonyl (C=O) groups is 1. The van der Waals surface area contributed by atoms with Gasteiger partial charge < -0.3 is 4.57 Å². The first-order chi connectivity index (χ1) is 9.13. The van der Waals surface area contributed by atoms with Crippen LogP contribution in [0.4, 0.5) is 0 Å². The van der Waals surface area contributed by atoms with Crippen molar-refractivity contribution in [1.29, 1.82) is 0 Å². The Morgan fingerprint density at radius 1 is 1.16 bits per heavy atom. The average molecular weight is 294 g/mol. The van der Waals surface area contributed by atoms with Gasteiger partial charge in [0.2, 0.25) is 0 Å². The number of aryl methyl sites for hydroxylation is 1. The van der Waals surface area contributed by atoms with E-state index in [1.807, 2.05) is 22.9 Å². The number of hydrogen-bond donors (Lipinski definition) is 0. The van der Waals surface area contributed by atoms with Gasteiger partial charge >= 0.3 is 0 Å². The number of rotatable bonds is 2. The molecule has 0 saturated heterocycles. The van der Waals surface area contributed by atoms with Crippen molar-refractivity contribution in [3.05, 3.63) is 57.3 Å². The molecule has 0 atom stereocenters. The number of carbonyl (C=O) groups excluding carboxylic acids is 1. The van der Waals surface area contributed by atoms with Crippen LogP contribution in [0.3, 0.4) is 0 Å². The monoisotopic (exact) mass is 293 g/mol. The highest BCUT2D eigenvalue weighted by atomic mass is 35.5. The molecule has 1 aromatic carbocycles. The summed E-state index contributed by atoms with van der Waals surface area (Å²) < 4.78 is 2.03. The first-order valence-corrected chi connectivity index (χ1v) is 7.05. The van der Waals surface area contributed by atoms with Crippen molar-refractivity contribution in [3.63, 3.8) is 0 Å². The Morgan fingerprint density at radius 3 is 2.74 bits per heavy atom. The molecule has 19 heavy (non-hydrogen) atoms. The molecule has 0 radical (unpaired) electrons. The normalized spacial score (nSPS) is 14.5. The Kier molecular flexibility index (Phi) is 3.38. The van der Waals surface area contributed by atoms with Gasteiger partial charge in [-0.05, 0) is 36.1 Å². The molecule has 2 aromatic rings. The van der Waals surface area contributed by atoms with Crippen molar-refractivity contribution in [1.82, 2.24) is 4.57 Å². The fourth-order valence-corrected chi connectivity index (χ4v) is 2.99. The molecule has 0 spiro atoms. The Labute approximate surface area is 121 Å². The van der Waals surface area contributed by atoms with Crippen LogP contribution in [-0.4, -0.2) is 10.4 Å². The number of nitrogens with zero attached hydrogens (tertiary/aromatic N) is 1. The lowest BCUT2D eigenvalue weighted by molar-refractivity contribution is 0.0973. The summed E-state index contributed by atoms with van der Waals surface area (Å²) in [6.45, 7) is 0.663. The van der Waals surface area contributed by atoms with E-state index in [9.17, 15) is 4.79 Å². The summed E-state index contributed by atoms with van der Waals surface area (Å²) in [7, 11) is 0. The molecule has 0 bridgehead atoms. The molecule has 1 aromatic heterocycles. The Bertz CT molecular complexity index is 646. The second-order valence-corrected chi connectivity index (χ2v) is 5.73. The van der Waals surface area contributed by atoms with Crippen molar-refractivity contribution in [2.45, 2.75) is 25.8 Å². The molecule has 0 fully saturated rings. The maximum atomic E-state index is 11.8. The van der Waals surface area contributed by atoms with Gasteiger partial charge in [0.25, 0.3) is 0 Å². The van der Waals surface area contributed by atoms with Gasteiger partial charge in [0, 0.05) is 41.0 Å². The molecule has 0 aliphatic heterocycles. The predicted octanol–water partition coefficient (Wildman–Crippen LogP) is 4.36. The van der Waals surface area contributed by atoms with Gasteiger partial charge in [-0.25, -0.2) is 0 Å². The molecule has 3 rings (SSSR count).